The van der Waals surface area contributed by atoms with E-state index in [2.05, 4.69) is 22.4 Å². The van der Waals surface area contributed by atoms with E-state index in [1.807, 2.05) is 62.7 Å². The minimum atomic E-state index is -0.441. The van der Waals surface area contributed by atoms with Gasteiger partial charge in [0.25, 0.3) is 6.20 Å². The molecule has 8 nitrogen and oxygen atoms in total. The zero-order valence-corrected chi connectivity index (χ0v) is 20.6. The van der Waals surface area contributed by atoms with E-state index in [1.54, 1.807) is 29.1 Å². The van der Waals surface area contributed by atoms with Crippen LogP contribution in [0.2, 0.25) is 0 Å². The first-order chi connectivity index (χ1) is 16.9. The molecule has 1 N–H and O–H groups in total. The van der Waals surface area contributed by atoms with E-state index < -0.39 is 4.92 Å². The molecule has 0 radical (unpaired) electrons. The van der Waals surface area contributed by atoms with E-state index in [0.717, 1.165) is 28.8 Å². The van der Waals surface area contributed by atoms with Crippen LogP contribution in [0.3, 0.4) is 0 Å². The van der Waals surface area contributed by atoms with Crippen LogP contribution in [-0.4, -0.2) is 45.1 Å². The highest BCUT2D eigenvalue weighted by atomic mass is 32.2. The van der Waals surface area contributed by atoms with Crippen LogP contribution in [0.25, 0.3) is 0 Å². The Balaban J connectivity index is 1.50. The standard InChI is InChI=1S/C26H29N5O3S/c1-26(2)19-34-25(29-26)23-16-30(14-10-22(23)21-6-4-3-5-7-21)24(17-31(32)33)28-13-15-35-18-20-8-11-27-12-9-20/h3-12,14,16-17,22,28H,13,15,18-19H2,1-2H3/b24-17+. The van der Waals surface area contributed by atoms with Crippen LogP contribution in [0.4, 0.5) is 0 Å². The summed E-state index contributed by atoms with van der Waals surface area (Å²) >= 11 is 1.75. The second kappa shape index (κ2) is 11.2. The highest BCUT2D eigenvalue weighted by Gasteiger charge is 2.33. The predicted octanol–water partition coefficient (Wildman–Crippen LogP) is 4.68. The van der Waals surface area contributed by atoms with Crippen molar-refractivity contribution in [3.8, 4) is 0 Å². The molecule has 9 heteroatoms. The fraction of sp³-hybridized carbons (Fsp3) is 0.308. The van der Waals surface area contributed by atoms with Gasteiger partial charge in [-0.2, -0.15) is 11.8 Å². The Kier molecular flexibility index (Phi) is 7.87. The molecular formula is C26H29N5O3S. The number of thioether (sulfide) groups is 1. The number of hydrogen-bond acceptors (Lipinski definition) is 8. The normalized spacial score (nSPS) is 19.1. The van der Waals surface area contributed by atoms with E-state index in [-0.39, 0.29) is 11.5 Å². The van der Waals surface area contributed by atoms with Gasteiger partial charge in [0.05, 0.1) is 10.5 Å². The van der Waals surface area contributed by atoms with Crippen molar-refractivity contribution < 1.29 is 9.66 Å². The van der Waals surface area contributed by atoms with Crippen molar-refractivity contribution in [3.63, 3.8) is 0 Å². The van der Waals surface area contributed by atoms with Gasteiger partial charge in [0.15, 0.2) is 5.82 Å². The van der Waals surface area contributed by atoms with Crippen LogP contribution in [0.15, 0.2) is 95.9 Å². The van der Waals surface area contributed by atoms with Crippen LogP contribution in [0, 0.1) is 10.1 Å². The highest BCUT2D eigenvalue weighted by molar-refractivity contribution is 7.98. The van der Waals surface area contributed by atoms with E-state index in [0.29, 0.717) is 24.9 Å². The molecule has 0 fully saturated rings. The molecule has 35 heavy (non-hydrogen) atoms. The van der Waals surface area contributed by atoms with Crippen LogP contribution < -0.4 is 5.32 Å². The Morgan fingerprint density at radius 2 is 2.06 bits per heavy atom. The van der Waals surface area contributed by atoms with Crippen molar-refractivity contribution in [2.75, 3.05) is 18.9 Å². The third-order valence-electron chi connectivity index (χ3n) is 5.50. The van der Waals surface area contributed by atoms with Crippen molar-refractivity contribution in [2.45, 2.75) is 31.1 Å². The van der Waals surface area contributed by atoms with E-state index in [1.165, 1.54) is 5.56 Å². The fourth-order valence-corrected chi connectivity index (χ4v) is 4.62. The third-order valence-corrected chi connectivity index (χ3v) is 6.53. The maximum Gasteiger partial charge on any atom is 0.274 e. The second-order valence-corrected chi connectivity index (χ2v) is 9.98. The summed E-state index contributed by atoms with van der Waals surface area (Å²) in [4.78, 5) is 21.5. The maximum absolute atomic E-state index is 11.4. The molecule has 0 saturated carbocycles. The maximum atomic E-state index is 11.4. The third kappa shape index (κ3) is 6.73. The van der Waals surface area contributed by atoms with E-state index in [9.17, 15) is 10.1 Å². The van der Waals surface area contributed by atoms with Crippen molar-refractivity contribution in [1.82, 2.24) is 15.2 Å². The molecule has 4 rings (SSSR count). The highest BCUT2D eigenvalue weighted by Crippen LogP contribution is 2.34. The molecule has 1 unspecified atom stereocenters. The first kappa shape index (κ1) is 24.5. The number of aromatic nitrogens is 1. The Morgan fingerprint density at radius 3 is 2.74 bits per heavy atom. The molecular weight excluding hydrogens is 462 g/mol. The average Bonchev–Trinajstić information content (AvgIpc) is 3.23. The Labute approximate surface area is 209 Å². The Hall–Kier alpha value is -3.59. The molecule has 1 atom stereocenters. The molecule has 0 spiro atoms. The summed E-state index contributed by atoms with van der Waals surface area (Å²) < 4.78 is 5.96. The number of allylic oxidation sites excluding steroid dienone is 1. The largest absolute Gasteiger partial charge is 0.475 e. The molecule has 1 aromatic carbocycles. The van der Waals surface area contributed by atoms with Crippen LogP contribution in [0.1, 0.15) is 30.9 Å². The van der Waals surface area contributed by atoms with Gasteiger partial charge in [0, 0.05) is 54.3 Å². The van der Waals surface area contributed by atoms with Gasteiger partial charge in [-0.25, -0.2) is 4.99 Å². The number of benzene rings is 1. The zero-order chi connectivity index (χ0) is 24.7. The summed E-state index contributed by atoms with van der Waals surface area (Å²) in [5.74, 6) is 2.55. The Morgan fingerprint density at radius 1 is 1.29 bits per heavy atom. The summed E-state index contributed by atoms with van der Waals surface area (Å²) in [6.45, 7) is 5.13. The van der Waals surface area contributed by atoms with Crippen molar-refractivity contribution in [3.05, 3.63) is 112 Å². The lowest BCUT2D eigenvalue weighted by atomic mass is 9.89. The van der Waals surface area contributed by atoms with Gasteiger partial charge in [-0.15, -0.1) is 0 Å². The van der Waals surface area contributed by atoms with E-state index >= 15 is 0 Å². The minimum Gasteiger partial charge on any atom is -0.475 e. The lowest BCUT2D eigenvalue weighted by Crippen LogP contribution is -2.30. The molecule has 2 aliphatic heterocycles. The van der Waals surface area contributed by atoms with Gasteiger partial charge < -0.3 is 15.0 Å². The van der Waals surface area contributed by atoms with Crippen LogP contribution in [-0.2, 0) is 10.5 Å². The summed E-state index contributed by atoms with van der Waals surface area (Å²) in [5.41, 5.74) is 2.86. The molecule has 0 saturated heterocycles. The van der Waals surface area contributed by atoms with Gasteiger partial charge >= 0.3 is 0 Å². The molecule has 3 heterocycles. The van der Waals surface area contributed by atoms with Crippen molar-refractivity contribution >= 4 is 17.7 Å². The van der Waals surface area contributed by atoms with Crippen LogP contribution in [0.5, 0.6) is 0 Å². The number of nitrogens with zero attached hydrogens (tertiary/aromatic N) is 4. The van der Waals surface area contributed by atoms with Gasteiger partial charge in [-0.05, 0) is 37.1 Å². The topological polar surface area (TPSA) is 92.9 Å². The monoisotopic (exact) mass is 491 g/mol. The van der Waals surface area contributed by atoms with Gasteiger partial charge in [0.2, 0.25) is 5.90 Å². The first-order valence-electron chi connectivity index (χ1n) is 11.4. The number of hydrogen-bond donors (Lipinski definition) is 1. The average molecular weight is 492 g/mol. The number of ether oxygens (including phenoxy) is 1. The molecule has 2 aliphatic rings. The smallest absolute Gasteiger partial charge is 0.274 e. The van der Waals surface area contributed by atoms with Crippen LogP contribution >= 0.6 is 11.8 Å². The number of pyridine rings is 1. The fourth-order valence-electron chi connectivity index (χ4n) is 3.80. The quantitative estimate of drug-likeness (QED) is 0.293. The summed E-state index contributed by atoms with van der Waals surface area (Å²) in [6.07, 6.45) is 10.3. The van der Waals surface area contributed by atoms with E-state index in [4.69, 9.17) is 9.73 Å². The molecule has 182 valence electrons. The first-order valence-corrected chi connectivity index (χ1v) is 12.6. The summed E-state index contributed by atoms with van der Waals surface area (Å²) in [5, 5.41) is 14.6. The van der Waals surface area contributed by atoms with Gasteiger partial charge in [-0.1, -0.05) is 36.4 Å². The number of nitro groups is 1. The second-order valence-electron chi connectivity index (χ2n) is 8.87. The van der Waals surface area contributed by atoms with Crippen molar-refractivity contribution in [1.29, 1.82) is 0 Å². The number of rotatable bonds is 10. The number of nitrogens with one attached hydrogen (secondary N) is 1. The summed E-state index contributed by atoms with van der Waals surface area (Å²) in [6, 6.07) is 14.1. The lowest BCUT2D eigenvalue weighted by Gasteiger charge is -2.28. The summed E-state index contributed by atoms with van der Waals surface area (Å²) in [7, 11) is 0. The molecule has 0 aliphatic carbocycles. The molecule has 0 amide bonds. The van der Waals surface area contributed by atoms with Crippen molar-refractivity contribution in [2.24, 2.45) is 4.99 Å². The van der Waals surface area contributed by atoms with Gasteiger partial charge in [0.1, 0.15) is 6.61 Å². The SMILES string of the molecule is CC1(C)COC(C2=CN(/C(=C/[N+](=O)[O-])NCCSCc3ccncc3)C=CC2c2ccccc2)=N1. The Bertz CT molecular complexity index is 1150. The number of aliphatic imine (C=N–C) groups is 1. The minimum absolute atomic E-state index is 0.0622. The van der Waals surface area contributed by atoms with Gasteiger partial charge in [-0.3, -0.25) is 15.1 Å². The predicted molar refractivity (Wildman–Crippen MR) is 139 cm³/mol. The molecule has 0 bridgehead atoms. The molecule has 1 aromatic heterocycles. The molecule has 2 aromatic rings. The lowest BCUT2D eigenvalue weighted by molar-refractivity contribution is -0.404. The zero-order valence-electron chi connectivity index (χ0n) is 19.8.